The second-order valence-corrected chi connectivity index (χ2v) is 9.63. The van der Waals surface area contributed by atoms with Crippen LogP contribution in [0.1, 0.15) is 64.6 Å². The van der Waals surface area contributed by atoms with Gasteiger partial charge < -0.3 is 19.4 Å². The number of ether oxygens (including phenoxy) is 2. The van der Waals surface area contributed by atoms with E-state index >= 15 is 0 Å². The molecule has 0 atom stereocenters. The van der Waals surface area contributed by atoms with E-state index in [0.29, 0.717) is 37.3 Å². The molecule has 1 aliphatic carbocycles. The molecular formula is C28H30F2N2O3. The van der Waals surface area contributed by atoms with Crippen LogP contribution in [0.15, 0.2) is 48.5 Å². The number of fused-ring (bicyclic) bond motifs is 1. The Balaban J connectivity index is 1.54. The van der Waals surface area contributed by atoms with Crippen molar-refractivity contribution in [3.63, 3.8) is 0 Å². The minimum absolute atomic E-state index is 0.0923. The molecule has 2 aliphatic rings. The fraction of sp³-hybridized carbons (Fsp3) is 0.393. The molecule has 1 amide bonds. The summed E-state index contributed by atoms with van der Waals surface area (Å²) in [4.78, 5) is 13.7. The van der Waals surface area contributed by atoms with Gasteiger partial charge in [0.15, 0.2) is 17.4 Å². The molecule has 1 fully saturated rings. The highest BCUT2D eigenvalue weighted by Gasteiger charge is 2.44. The standard InChI is InChI=1S/C28H30F2N2O3/c1-18(2)26-25(27(33)31-16-20-8-9-22(29)23(30)14-20)21-15-28(34-12-13-35-28)11-10-24(21)32(26)17-19-6-4-3-5-7-19/h3-9,14,18H,10-13,15-17H2,1-2H3,(H,31,33). The zero-order valence-corrected chi connectivity index (χ0v) is 20.1. The lowest BCUT2D eigenvalue weighted by Crippen LogP contribution is -2.38. The topological polar surface area (TPSA) is 52.5 Å². The zero-order valence-electron chi connectivity index (χ0n) is 20.1. The van der Waals surface area contributed by atoms with Gasteiger partial charge in [0, 0.05) is 37.3 Å². The third-order valence-corrected chi connectivity index (χ3v) is 6.92. The van der Waals surface area contributed by atoms with Gasteiger partial charge in [0.05, 0.1) is 18.8 Å². The van der Waals surface area contributed by atoms with Crippen molar-refractivity contribution in [2.45, 2.75) is 57.9 Å². The molecular weight excluding hydrogens is 450 g/mol. The Bertz CT molecular complexity index is 1230. The van der Waals surface area contributed by atoms with E-state index < -0.39 is 17.4 Å². The molecule has 3 aromatic rings. The Kier molecular flexibility index (Phi) is 6.47. The van der Waals surface area contributed by atoms with Gasteiger partial charge in [-0.05, 0) is 41.2 Å². The molecule has 35 heavy (non-hydrogen) atoms. The summed E-state index contributed by atoms with van der Waals surface area (Å²) in [7, 11) is 0. The predicted molar refractivity (Wildman–Crippen MR) is 128 cm³/mol. The van der Waals surface area contributed by atoms with Crippen LogP contribution in [0.25, 0.3) is 0 Å². The first-order valence-corrected chi connectivity index (χ1v) is 12.1. The molecule has 1 N–H and O–H groups in total. The van der Waals surface area contributed by atoms with Crippen LogP contribution in [0.4, 0.5) is 8.78 Å². The van der Waals surface area contributed by atoms with Crippen LogP contribution in [-0.2, 0) is 35.4 Å². The second kappa shape index (κ2) is 9.55. The van der Waals surface area contributed by atoms with Gasteiger partial charge in [-0.1, -0.05) is 50.2 Å². The average Bonchev–Trinajstić information content (AvgIpc) is 3.42. The minimum Gasteiger partial charge on any atom is -0.348 e. The first-order valence-electron chi connectivity index (χ1n) is 12.1. The molecule has 0 saturated carbocycles. The lowest BCUT2D eigenvalue weighted by molar-refractivity contribution is -0.164. The first kappa shape index (κ1) is 23.7. The largest absolute Gasteiger partial charge is 0.348 e. The maximum atomic E-state index is 13.7. The van der Waals surface area contributed by atoms with Crippen molar-refractivity contribution in [2.75, 3.05) is 13.2 Å². The SMILES string of the molecule is CC(C)c1c(C(=O)NCc2ccc(F)c(F)c2)c2c(n1Cc1ccccc1)CCC1(C2)OCCO1. The van der Waals surface area contributed by atoms with Crippen LogP contribution in [-0.4, -0.2) is 29.5 Å². The molecule has 0 radical (unpaired) electrons. The fourth-order valence-corrected chi connectivity index (χ4v) is 5.35. The van der Waals surface area contributed by atoms with E-state index in [1.165, 1.54) is 6.07 Å². The molecule has 1 spiro atoms. The van der Waals surface area contributed by atoms with E-state index in [-0.39, 0.29) is 18.4 Å². The van der Waals surface area contributed by atoms with Crippen molar-refractivity contribution in [3.8, 4) is 0 Å². The Hall–Kier alpha value is -3.03. The van der Waals surface area contributed by atoms with Gasteiger partial charge in [0.1, 0.15) is 0 Å². The van der Waals surface area contributed by atoms with Gasteiger partial charge in [-0.25, -0.2) is 8.78 Å². The van der Waals surface area contributed by atoms with E-state index in [0.717, 1.165) is 47.5 Å². The Morgan fingerprint density at radius 3 is 2.49 bits per heavy atom. The maximum Gasteiger partial charge on any atom is 0.253 e. The third-order valence-electron chi connectivity index (χ3n) is 6.92. The number of carbonyl (C=O) groups is 1. The molecule has 0 bridgehead atoms. The minimum atomic E-state index is -0.927. The normalized spacial score (nSPS) is 16.6. The second-order valence-electron chi connectivity index (χ2n) is 9.63. The summed E-state index contributed by atoms with van der Waals surface area (Å²) in [6, 6.07) is 13.9. The molecule has 184 valence electrons. The van der Waals surface area contributed by atoms with Crippen molar-refractivity contribution in [1.29, 1.82) is 0 Å². The Labute approximate surface area is 204 Å². The molecule has 5 rings (SSSR count). The van der Waals surface area contributed by atoms with Crippen molar-refractivity contribution >= 4 is 5.91 Å². The van der Waals surface area contributed by atoms with Crippen molar-refractivity contribution in [3.05, 3.63) is 93.8 Å². The van der Waals surface area contributed by atoms with E-state index in [1.807, 2.05) is 18.2 Å². The number of hydrogen-bond donors (Lipinski definition) is 1. The number of hydrogen-bond acceptors (Lipinski definition) is 3. The number of nitrogens with one attached hydrogen (secondary N) is 1. The molecule has 0 unspecified atom stereocenters. The number of nitrogens with zero attached hydrogens (tertiary/aromatic N) is 1. The highest BCUT2D eigenvalue weighted by molar-refractivity contribution is 5.98. The molecule has 2 aromatic carbocycles. The van der Waals surface area contributed by atoms with Crippen LogP contribution < -0.4 is 5.32 Å². The van der Waals surface area contributed by atoms with E-state index in [2.05, 4.69) is 35.9 Å². The summed E-state index contributed by atoms with van der Waals surface area (Å²) < 4.78 is 41.3. The quantitative estimate of drug-likeness (QED) is 0.534. The van der Waals surface area contributed by atoms with Crippen LogP contribution in [0.3, 0.4) is 0 Å². The molecule has 1 aliphatic heterocycles. The zero-order chi connectivity index (χ0) is 24.6. The van der Waals surface area contributed by atoms with Gasteiger partial charge in [-0.3, -0.25) is 4.79 Å². The first-order chi connectivity index (χ1) is 16.9. The van der Waals surface area contributed by atoms with Crippen molar-refractivity contribution < 1.29 is 23.0 Å². The monoisotopic (exact) mass is 480 g/mol. The number of rotatable bonds is 6. The summed E-state index contributed by atoms with van der Waals surface area (Å²) in [5.74, 6) is -2.65. The molecule has 7 heteroatoms. The lowest BCUT2D eigenvalue weighted by Gasteiger charge is -2.32. The maximum absolute atomic E-state index is 13.7. The highest BCUT2D eigenvalue weighted by atomic mass is 19.2. The van der Waals surface area contributed by atoms with Crippen LogP contribution in [0, 0.1) is 11.6 Å². The summed E-state index contributed by atoms with van der Waals surface area (Å²) in [5, 5.41) is 2.94. The lowest BCUT2D eigenvalue weighted by atomic mass is 9.88. The Morgan fingerprint density at radius 1 is 1.06 bits per heavy atom. The summed E-state index contributed by atoms with van der Waals surface area (Å²) in [6.07, 6.45) is 2.00. The van der Waals surface area contributed by atoms with Gasteiger partial charge in [0.2, 0.25) is 0 Å². The van der Waals surface area contributed by atoms with Crippen LogP contribution in [0.2, 0.25) is 0 Å². The van der Waals surface area contributed by atoms with Gasteiger partial charge in [0.25, 0.3) is 5.91 Å². The molecule has 1 saturated heterocycles. The number of benzene rings is 2. The number of aromatic nitrogens is 1. The summed E-state index contributed by atoms with van der Waals surface area (Å²) in [6.45, 7) is 6.05. The average molecular weight is 481 g/mol. The molecule has 1 aromatic heterocycles. The predicted octanol–water partition coefficient (Wildman–Crippen LogP) is 5.10. The van der Waals surface area contributed by atoms with Crippen LogP contribution >= 0.6 is 0 Å². The van der Waals surface area contributed by atoms with E-state index in [9.17, 15) is 13.6 Å². The summed E-state index contributed by atoms with van der Waals surface area (Å²) >= 11 is 0. The fourth-order valence-electron chi connectivity index (χ4n) is 5.35. The Morgan fingerprint density at radius 2 is 1.80 bits per heavy atom. The smallest absolute Gasteiger partial charge is 0.253 e. The van der Waals surface area contributed by atoms with Gasteiger partial charge >= 0.3 is 0 Å². The van der Waals surface area contributed by atoms with Crippen molar-refractivity contribution in [1.82, 2.24) is 9.88 Å². The number of carbonyl (C=O) groups excluding carboxylic acids is 1. The van der Waals surface area contributed by atoms with Crippen LogP contribution in [0.5, 0.6) is 0 Å². The third kappa shape index (κ3) is 4.62. The van der Waals surface area contributed by atoms with E-state index in [1.54, 1.807) is 0 Å². The molecule has 5 nitrogen and oxygen atoms in total. The van der Waals surface area contributed by atoms with E-state index in [4.69, 9.17) is 9.47 Å². The highest BCUT2D eigenvalue weighted by Crippen LogP contribution is 2.41. The number of halogens is 2. The van der Waals surface area contributed by atoms with Gasteiger partial charge in [-0.2, -0.15) is 0 Å². The number of amides is 1. The summed E-state index contributed by atoms with van der Waals surface area (Å²) in [5.41, 5.74) is 5.37. The molecule has 2 heterocycles. The van der Waals surface area contributed by atoms with Crippen molar-refractivity contribution in [2.24, 2.45) is 0 Å². The van der Waals surface area contributed by atoms with Gasteiger partial charge in [-0.15, -0.1) is 0 Å².